The van der Waals surface area contributed by atoms with Crippen molar-refractivity contribution in [1.82, 2.24) is 20.0 Å². The Bertz CT molecular complexity index is 713. The molecule has 2 aromatic rings. The minimum atomic E-state index is -0.160. The molecule has 1 aliphatic rings. The average Bonchev–Trinajstić information content (AvgIpc) is 2.95. The lowest BCUT2D eigenvalue weighted by Crippen LogP contribution is -2.35. The average molecular weight is 342 g/mol. The van der Waals surface area contributed by atoms with E-state index in [1.165, 1.54) is 5.56 Å². The zero-order chi connectivity index (χ0) is 17.8. The second kappa shape index (κ2) is 7.80. The molecule has 1 amide bonds. The first-order valence-corrected chi connectivity index (χ1v) is 8.79. The highest BCUT2D eigenvalue weighted by atomic mass is 16.3. The summed E-state index contributed by atoms with van der Waals surface area (Å²) in [5, 5.41) is 16.8. The van der Waals surface area contributed by atoms with Gasteiger partial charge in [0.15, 0.2) is 0 Å². The van der Waals surface area contributed by atoms with E-state index in [2.05, 4.69) is 27.4 Å². The summed E-state index contributed by atoms with van der Waals surface area (Å²) in [5.41, 5.74) is 3.74. The van der Waals surface area contributed by atoms with Gasteiger partial charge in [-0.15, -0.1) is 0 Å². The van der Waals surface area contributed by atoms with Crippen LogP contribution in [0.15, 0.2) is 30.3 Å². The molecule has 1 fully saturated rings. The lowest BCUT2D eigenvalue weighted by molar-refractivity contribution is 0.0790. The molecule has 6 nitrogen and oxygen atoms in total. The topological polar surface area (TPSA) is 70.4 Å². The van der Waals surface area contributed by atoms with Crippen molar-refractivity contribution < 1.29 is 9.90 Å². The highest BCUT2D eigenvalue weighted by molar-refractivity contribution is 5.92. The summed E-state index contributed by atoms with van der Waals surface area (Å²) in [6, 6.07) is 9.98. The molecule has 1 aromatic heterocycles. The number of benzene rings is 1. The van der Waals surface area contributed by atoms with E-state index in [1.807, 2.05) is 26.1 Å². The molecule has 0 radical (unpaired) electrons. The van der Waals surface area contributed by atoms with Crippen molar-refractivity contribution in [2.75, 3.05) is 13.1 Å². The van der Waals surface area contributed by atoms with Crippen molar-refractivity contribution in [2.24, 2.45) is 7.05 Å². The number of hydrogen-bond donors (Lipinski definition) is 2. The van der Waals surface area contributed by atoms with Gasteiger partial charge >= 0.3 is 0 Å². The first-order chi connectivity index (χ1) is 12.0. The minimum Gasteiger partial charge on any atom is -0.393 e. The minimum absolute atomic E-state index is 0.153. The second-order valence-corrected chi connectivity index (χ2v) is 6.75. The van der Waals surface area contributed by atoms with Gasteiger partial charge < -0.3 is 10.4 Å². The zero-order valence-corrected chi connectivity index (χ0v) is 14.9. The zero-order valence-electron chi connectivity index (χ0n) is 14.9. The van der Waals surface area contributed by atoms with E-state index in [-0.39, 0.29) is 12.0 Å². The Morgan fingerprint density at radius 1 is 1.28 bits per heavy atom. The number of carbonyl (C=O) groups excluding carboxylic acids is 1. The number of hydrogen-bond acceptors (Lipinski definition) is 4. The summed E-state index contributed by atoms with van der Waals surface area (Å²) in [6.45, 7) is 5.08. The number of carbonyl (C=O) groups is 1. The second-order valence-electron chi connectivity index (χ2n) is 6.75. The van der Waals surface area contributed by atoms with Gasteiger partial charge in [0, 0.05) is 38.9 Å². The van der Waals surface area contributed by atoms with E-state index in [1.54, 1.807) is 10.7 Å². The van der Waals surface area contributed by atoms with Gasteiger partial charge in [-0.3, -0.25) is 14.4 Å². The van der Waals surface area contributed by atoms with Crippen LogP contribution in [0.4, 0.5) is 0 Å². The van der Waals surface area contributed by atoms with Crippen LogP contribution in [0.25, 0.3) is 0 Å². The maximum absolute atomic E-state index is 12.3. The third kappa shape index (κ3) is 4.46. The van der Waals surface area contributed by atoms with Gasteiger partial charge in [-0.2, -0.15) is 5.10 Å². The fraction of sp³-hybridized carbons (Fsp3) is 0.474. The predicted octanol–water partition coefficient (Wildman–Crippen LogP) is 1.62. The molecular weight excluding hydrogens is 316 g/mol. The van der Waals surface area contributed by atoms with Gasteiger partial charge in [0.25, 0.3) is 5.91 Å². The number of likely N-dealkylation sites (tertiary alicyclic amines) is 1. The first-order valence-electron chi connectivity index (χ1n) is 8.79. The smallest absolute Gasteiger partial charge is 0.272 e. The molecule has 0 atom stereocenters. The number of rotatable bonds is 5. The number of aromatic nitrogens is 2. The Labute approximate surface area is 148 Å². The van der Waals surface area contributed by atoms with Crippen molar-refractivity contribution >= 4 is 5.91 Å². The van der Waals surface area contributed by atoms with Crippen LogP contribution in [0.1, 0.15) is 40.2 Å². The molecule has 25 heavy (non-hydrogen) atoms. The molecule has 6 heteroatoms. The highest BCUT2D eigenvalue weighted by Crippen LogP contribution is 2.16. The van der Waals surface area contributed by atoms with Crippen molar-refractivity contribution in [2.45, 2.75) is 39.0 Å². The molecule has 0 bridgehead atoms. The van der Waals surface area contributed by atoms with Crippen molar-refractivity contribution in [3.8, 4) is 0 Å². The Kier molecular flexibility index (Phi) is 5.50. The molecule has 1 saturated heterocycles. The van der Waals surface area contributed by atoms with E-state index < -0.39 is 0 Å². The van der Waals surface area contributed by atoms with Gasteiger partial charge in [0.05, 0.1) is 6.10 Å². The number of aliphatic hydroxyl groups excluding tert-OH is 1. The molecule has 0 saturated carbocycles. The third-order valence-electron chi connectivity index (χ3n) is 4.86. The van der Waals surface area contributed by atoms with Crippen LogP contribution in [0, 0.1) is 6.92 Å². The van der Waals surface area contributed by atoms with E-state index >= 15 is 0 Å². The van der Waals surface area contributed by atoms with Crippen LogP contribution in [-0.2, 0) is 20.1 Å². The van der Waals surface area contributed by atoms with Gasteiger partial charge in [-0.25, -0.2) is 0 Å². The Hall–Kier alpha value is -2.18. The summed E-state index contributed by atoms with van der Waals surface area (Å²) < 4.78 is 1.70. The number of piperidine rings is 1. The van der Waals surface area contributed by atoms with Gasteiger partial charge in [0.2, 0.25) is 0 Å². The van der Waals surface area contributed by atoms with Crippen molar-refractivity contribution in [3.05, 3.63) is 52.8 Å². The normalized spacial score (nSPS) is 16.1. The summed E-state index contributed by atoms with van der Waals surface area (Å²) in [5.74, 6) is -0.153. The van der Waals surface area contributed by atoms with E-state index in [4.69, 9.17) is 0 Å². The standard InChI is InChI=1S/C19H26N4O2/c1-14-11-18(21-22(14)2)19(25)20-12-15-5-3-4-6-16(15)13-23-9-7-17(24)8-10-23/h3-6,11,17,24H,7-10,12-13H2,1-2H3,(H,20,25). The van der Waals surface area contributed by atoms with E-state index in [0.29, 0.717) is 12.2 Å². The van der Waals surface area contributed by atoms with Crippen LogP contribution < -0.4 is 5.32 Å². The van der Waals surface area contributed by atoms with E-state index in [0.717, 1.165) is 43.7 Å². The summed E-state index contributed by atoms with van der Waals surface area (Å²) in [7, 11) is 1.83. The summed E-state index contributed by atoms with van der Waals surface area (Å²) in [6.07, 6.45) is 1.50. The van der Waals surface area contributed by atoms with Gasteiger partial charge in [-0.1, -0.05) is 24.3 Å². The molecule has 1 aromatic carbocycles. The summed E-state index contributed by atoms with van der Waals surface area (Å²) in [4.78, 5) is 14.7. The Balaban J connectivity index is 1.61. The highest BCUT2D eigenvalue weighted by Gasteiger charge is 2.18. The Morgan fingerprint density at radius 3 is 2.60 bits per heavy atom. The molecule has 3 rings (SSSR count). The van der Waals surface area contributed by atoms with Crippen LogP contribution in [-0.4, -0.2) is 44.9 Å². The fourth-order valence-corrected chi connectivity index (χ4v) is 3.14. The monoisotopic (exact) mass is 342 g/mol. The number of nitrogens with zero attached hydrogens (tertiary/aromatic N) is 3. The maximum Gasteiger partial charge on any atom is 0.272 e. The number of aryl methyl sites for hydroxylation is 2. The first kappa shape index (κ1) is 17.6. The van der Waals surface area contributed by atoms with Crippen LogP contribution in [0.3, 0.4) is 0 Å². The Morgan fingerprint density at radius 2 is 1.96 bits per heavy atom. The van der Waals surface area contributed by atoms with Crippen LogP contribution >= 0.6 is 0 Å². The molecule has 0 unspecified atom stereocenters. The lowest BCUT2D eigenvalue weighted by Gasteiger charge is -2.30. The number of amides is 1. The number of aliphatic hydroxyl groups is 1. The molecule has 134 valence electrons. The summed E-state index contributed by atoms with van der Waals surface area (Å²) >= 11 is 0. The lowest BCUT2D eigenvalue weighted by atomic mass is 10.0. The quantitative estimate of drug-likeness (QED) is 0.866. The van der Waals surface area contributed by atoms with E-state index in [9.17, 15) is 9.90 Å². The fourth-order valence-electron chi connectivity index (χ4n) is 3.14. The predicted molar refractivity (Wildman–Crippen MR) is 96.1 cm³/mol. The largest absolute Gasteiger partial charge is 0.393 e. The molecule has 1 aliphatic heterocycles. The molecule has 0 aliphatic carbocycles. The maximum atomic E-state index is 12.3. The van der Waals surface area contributed by atoms with Gasteiger partial charge in [0.1, 0.15) is 5.69 Å². The molecular formula is C19H26N4O2. The number of nitrogens with one attached hydrogen (secondary N) is 1. The molecule has 2 heterocycles. The molecule has 2 N–H and O–H groups in total. The van der Waals surface area contributed by atoms with Crippen molar-refractivity contribution in [1.29, 1.82) is 0 Å². The SMILES string of the molecule is Cc1cc(C(=O)NCc2ccccc2CN2CCC(O)CC2)nn1C. The van der Waals surface area contributed by atoms with Gasteiger partial charge in [-0.05, 0) is 37.0 Å². The van der Waals surface area contributed by atoms with Crippen LogP contribution in [0.5, 0.6) is 0 Å². The van der Waals surface area contributed by atoms with Crippen LogP contribution in [0.2, 0.25) is 0 Å². The van der Waals surface area contributed by atoms with Crippen molar-refractivity contribution in [3.63, 3.8) is 0 Å². The third-order valence-corrected chi connectivity index (χ3v) is 4.86. The molecule has 0 spiro atoms.